The van der Waals surface area contributed by atoms with E-state index in [1.807, 2.05) is 0 Å². The van der Waals surface area contributed by atoms with Gasteiger partial charge in [0.05, 0.1) is 0 Å². The highest BCUT2D eigenvalue weighted by Crippen LogP contribution is 2.14. The Bertz CT molecular complexity index is 1360. The van der Waals surface area contributed by atoms with Crippen LogP contribution < -0.4 is 0 Å². The maximum absolute atomic E-state index is 12.8. The van der Waals surface area contributed by atoms with E-state index in [-0.39, 0.29) is 31.1 Å². The fourth-order valence-electron chi connectivity index (χ4n) is 7.59. The van der Waals surface area contributed by atoms with Gasteiger partial charge < -0.3 is 14.2 Å². The highest BCUT2D eigenvalue weighted by molar-refractivity contribution is 5.71. The minimum atomic E-state index is -0.790. The summed E-state index contributed by atoms with van der Waals surface area (Å²) >= 11 is 0. The number of carbonyl (C=O) groups is 3. The molecule has 68 heavy (non-hydrogen) atoms. The van der Waals surface area contributed by atoms with E-state index in [0.717, 1.165) is 109 Å². The van der Waals surface area contributed by atoms with Gasteiger partial charge in [0.1, 0.15) is 13.2 Å². The lowest BCUT2D eigenvalue weighted by Crippen LogP contribution is -2.30. The van der Waals surface area contributed by atoms with Crippen LogP contribution in [-0.2, 0) is 28.6 Å². The van der Waals surface area contributed by atoms with Crippen LogP contribution in [0.1, 0.15) is 258 Å². The first-order valence-electron chi connectivity index (χ1n) is 28.2. The standard InChI is InChI=1S/C62H104O6/c1-4-7-10-13-16-18-20-22-24-26-28-29-30-31-32-33-35-36-38-40-42-44-46-49-52-55-61(64)67-58-59(57-66-60(63)54-51-48-15-12-9-6-3)68-62(65)56-53-50-47-45-43-41-39-37-34-27-25-23-21-19-17-14-11-8-5-2/h7,10,16,18,22-25,28-29,31-32,35-36,40,42,59H,4-6,8-9,11-15,17,19-21,26-27,30,33-34,37-39,41,43-58H2,1-3H3/b10-7-,18-16-,24-22-,25-23-,29-28-,32-31-,36-35-,42-40-. The Hall–Kier alpha value is -3.67. The number of hydrogen-bond donors (Lipinski definition) is 0. The molecule has 0 aliphatic heterocycles. The number of allylic oxidation sites excluding steroid dienone is 16. The van der Waals surface area contributed by atoms with Gasteiger partial charge in [-0.1, -0.05) is 234 Å². The summed E-state index contributed by atoms with van der Waals surface area (Å²) in [6.45, 7) is 6.43. The van der Waals surface area contributed by atoms with Crippen molar-refractivity contribution in [2.24, 2.45) is 0 Å². The zero-order valence-corrected chi connectivity index (χ0v) is 44.3. The molecule has 0 bridgehead atoms. The number of hydrogen-bond acceptors (Lipinski definition) is 6. The van der Waals surface area contributed by atoms with Crippen molar-refractivity contribution >= 4 is 17.9 Å². The number of ether oxygens (including phenoxy) is 3. The van der Waals surface area contributed by atoms with Gasteiger partial charge in [-0.25, -0.2) is 0 Å². The van der Waals surface area contributed by atoms with Crippen molar-refractivity contribution < 1.29 is 28.6 Å². The molecule has 0 saturated carbocycles. The van der Waals surface area contributed by atoms with Crippen LogP contribution in [0.4, 0.5) is 0 Å². The summed E-state index contributed by atoms with van der Waals surface area (Å²) in [7, 11) is 0. The second-order valence-corrected chi connectivity index (χ2v) is 18.5. The van der Waals surface area contributed by atoms with Crippen molar-refractivity contribution in [2.75, 3.05) is 13.2 Å². The van der Waals surface area contributed by atoms with E-state index in [4.69, 9.17) is 14.2 Å². The number of rotatable bonds is 50. The molecule has 0 rings (SSSR count). The Morgan fingerprint density at radius 3 is 0.926 bits per heavy atom. The van der Waals surface area contributed by atoms with Gasteiger partial charge in [-0.15, -0.1) is 0 Å². The largest absolute Gasteiger partial charge is 0.462 e. The minimum Gasteiger partial charge on any atom is -0.462 e. The second kappa shape index (κ2) is 55.9. The Kier molecular flexibility index (Phi) is 52.9. The third-order valence-corrected chi connectivity index (χ3v) is 11.8. The Morgan fingerprint density at radius 1 is 0.309 bits per heavy atom. The van der Waals surface area contributed by atoms with Crippen LogP contribution in [0.5, 0.6) is 0 Å². The molecular formula is C62H104O6. The van der Waals surface area contributed by atoms with Crippen LogP contribution in [0.3, 0.4) is 0 Å². The average Bonchev–Trinajstić information content (AvgIpc) is 3.34. The van der Waals surface area contributed by atoms with E-state index in [9.17, 15) is 14.4 Å². The van der Waals surface area contributed by atoms with Gasteiger partial charge in [0.2, 0.25) is 0 Å². The topological polar surface area (TPSA) is 78.9 Å². The summed E-state index contributed by atoms with van der Waals surface area (Å²) in [5.74, 6) is -0.934. The zero-order valence-electron chi connectivity index (χ0n) is 44.3. The van der Waals surface area contributed by atoms with Gasteiger partial charge in [-0.05, 0) is 103 Å². The maximum Gasteiger partial charge on any atom is 0.306 e. The Balaban J connectivity index is 4.25. The first-order chi connectivity index (χ1) is 33.5. The monoisotopic (exact) mass is 945 g/mol. The third kappa shape index (κ3) is 53.3. The van der Waals surface area contributed by atoms with Gasteiger partial charge in [-0.3, -0.25) is 14.4 Å². The van der Waals surface area contributed by atoms with Crippen molar-refractivity contribution in [1.82, 2.24) is 0 Å². The first kappa shape index (κ1) is 64.3. The van der Waals surface area contributed by atoms with Gasteiger partial charge in [0.25, 0.3) is 0 Å². The summed E-state index contributed by atoms with van der Waals surface area (Å²) in [4.78, 5) is 37.9. The van der Waals surface area contributed by atoms with Crippen molar-refractivity contribution in [1.29, 1.82) is 0 Å². The zero-order chi connectivity index (χ0) is 49.3. The summed E-state index contributed by atoms with van der Waals surface area (Å²) in [6.07, 6.45) is 74.3. The van der Waals surface area contributed by atoms with E-state index in [2.05, 4.69) is 118 Å². The smallest absolute Gasteiger partial charge is 0.306 e. The number of carbonyl (C=O) groups excluding carboxylic acids is 3. The highest BCUT2D eigenvalue weighted by atomic mass is 16.6. The average molecular weight is 946 g/mol. The fourth-order valence-corrected chi connectivity index (χ4v) is 7.59. The second-order valence-electron chi connectivity index (χ2n) is 18.5. The molecule has 0 aromatic carbocycles. The molecule has 0 heterocycles. The van der Waals surface area contributed by atoms with E-state index in [0.29, 0.717) is 19.3 Å². The predicted molar refractivity (Wildman–Crippen MR) is 293 cm³/mol. The third-order valence-electron chi connectivity index (χ3n) is 11.8. The van der Waals surface area contributed by atoms with Crippen molar-refractivity contribution in [3.05, 3.63) is 97.2 Å². The molecule has 0 aromatic rings. The van der Waals surface area contributed by atoms with Gasteiger partial charge in [-0.2, -0.15) is 0 Å². The van der Waals surface area contributed by atoms with Gasteiger partial charge in [0, 0.05) is 19.3 Å². The molecule has 0 radical (unpaired) electrons. The van der Waals surface area contributed by atoms with Crippen LogP contribution in [0.2, 0.25) is 0 Å². The summed E-state index contributed by atoms with van der Waals surface area (Å²) < 4.78 is 16.7. The summed E-state index contributed by atoms with van der Waals surface area (Å²) in [5.41, 5.74) is 0. The molecule has 1 unspecified atom stereocenters. The molecule has 0 spiro atoms. The number of unbranched alkanes of at least 4 members (excludes halogenated alkanes) is 23. The van der Waals surface area contributed by atoms with Gasteiger partial charge in [0.15, 0.2) is 6.10 Å². The lowest BCUT2D eigenvalue weighted by atomic mass is 10.1. The fraction of sp³-hybridized carbons (Fsp3) is 0.694. The molecule has 0 fully saturated rings. The van der Waals surface area contributed by atoms with Crippen LogP contribution in [0.25, 0.3) is 0 Å². The highest BCUT2D eigenvalue weighted by Gasteiger charge is 2.19. The molecule has 0 aromatic heterocycles. The summed E-state index contributed by atoms with van der Waals surface area (Å²) in [6, 6.07) is 0. The molecule has 1 atom stereocenters. The van der Waals surface area contributed by atoms with E-state index in [1.165, 1.54) is 109 Å². The van der Waals surface area contributed by atoms with Crippen molar-refractivity contribution in [2.45, 2.75) is 264 Å². The van der Waals surface area contributed by atoms with E-state index >= 15 is 0 Å². The van der Waals surface area contributed by atoms with Crippen molar-refractivity contribution in [3.63, 3.8) is 0 Å². The van der Waals surface area contributed by atoms with Crippen molar-refractivity contribution in [3.8, 4) is 0 Å². The molecule has 6 nitrogen and oxygen atoms in total. The minimum absolute atomic E-state index is 0.0892. The molecule has 0 aliphatic carbocycles. The Labute approximate surface area is 419 Å². The lowest BCUT2D eigenvalue weighted by Gasteiger charge is -2.18. The predicted octanol–water partition coefficient (Wildman–Crippen LogP) is 18.9. The summed E-state index contributed by atoms with van der Waals surface area (Å²) in [5, 5.41) is 0. The molecule has 0 saturated heterocycles. The van der Waals surface area contributed by atoms with Crippen LogP contribution >= 0.6 is 0 Å². The molecule has 6 heteroatoms. The Morgan fingerprint density at radius 2 is 0.574 bits per heavy atom. The SMILES string of the molecule is CC/C=C\C/C=C\C/C=C\C/C=C\C/C=C\C/C=C\C/C=C\CCCCCC(=O)OCC(COC(=O)CCCCCCCC)OC(=O)CCCCCCCCCCC/C=C\CCCCCCCC. The maximum atomic E-state index is 12.8. The molecule has 0 amide bonds. The first-order valence-corrected chi connectivity index (χ1v) is 28.2. The van der Waals surface area contributed by atoms with E-state index in [1.54, 1.807) is 0 Å². The van der Waals surface area contributed by atoms with Gasteiger partial charge >= 0.3 is 17.9 Å². The van der Waals surface area contributed by atoms with Crippen LogP contribution in [-0.4, -0.2) is 37.2 Å². The molecule has 0 N–H and O–H groups in total. The normalized spacial score (nSPS) is 12.8. The molecular weight excluding hydrogens is 841 g/mol. The molecule has 388 valence electrons. The van der Waals surface area contributed by atoms with E-state index < -0.39 is 6.10 Å². The number of esters is 3. The van der Waals surface area contributed by atoms with Crippen LogP contribution in [0.15, 0.2) is 97.2 Å². The van der Waals surface area contributed by atoms with Crippen LogP contribution in [0, 0.1) is 0 Å². The quantitative estimate of drug-likeness (QED) is 0.0262. The molecule has 0 aliphatic rings. The lowest BCUT2D eigenvalue weighted by molar-refractivity contribution is -0.167.